The molecule has 0 aliphatic rings. The van der Waals surface area contributed by atoms with Crippen LogP contribution in [0, 0.1) is 0 Å². The lowest BCUT2D eigenvalue weighted by Crippen LogP contribution is -2.36. The van der Waals surface area contributed by atoms with E-state index in [0.29, 0.717) is 0 Å². The van der Waals surface area contributed by atoms with Gasteiger partial charge < -0.3 is 5.32 Å². The van der Waals surface area contributed by atoms with Gasteiger partial charge in [-0.15, -0.1) is 0 Å². The fraction of sp³-hybridized carbons (Fsp3) is 0.600. The van der Waals surface area contributed by atoms with Crippen LogP contribution in [0.25, 0.3) is 0 Å². The number of rotatable bonds is 3. The third-order valence-corrected chi connectivity index (χ3v) is 3.09. The third-order valence-electron chi connectivity index (χ3n) is 3.09. The van der Waals surface area contributed by atoms with Gasteiger partial charge in [0.2, 0.25) is 0 Å². The van der Waals surface area contributed by atoms with Crippen molar-refractivity contribution in [2.75, 3.05) is 6.54 Å². The van der Waals surface area contributed by atoms with Gasteiger partial charge in [0.05, 0.1) is 0 Å². The van der Waals surface area contributed by atoms with Crippen LogP contribution in [-0.4, -0.2) is 6.54 Å². The van der Waals surface area contributed by atoms with Crippen LogP contribution in [0.1, 0.15) is 52.7 Å². The van der Waals surface area contributed by atoms with Gasteiger partial charge in [0.1, 0.15) is 0 Å². The lowest BCUT2D eigenvalue weighted by atomic mass is 9.84. The molecule has 0 saturated heterocycles. The first kappa shape index (κ1) is 13.2. The summed E-state index contributed by atoms with van der Waals surface area (Å²) in [7, 11) is 0. The number of nitrogens with one attached hydrogen (secondary N) is 1. The third kappa shape index (κ3) is 3.08. The quantitative estimate of drug-likeness (QED) is 0.814. The van der Waals surface area contributed by atoms with Crippen LogP contribution in [0.4, 0.5) is 0 Å². The number of hydrogen-bond acceptors (Lipinski definition) is 1. The SMILES string of the molecule is CCNC(C)(C)c1ccc(C(C)(C)C)cc1. The molecule has 0 spiro atoms. The summed E-state index contributed by atoms with van der Waals surface area (Å²) in [5, 5.41) is 3.50. The standard InChI is InChI=1S/C15H25N/c1-7-16-15(5,6)13-10-8-12(9-11-13)14(2,3)4/h8-11,16H,7H2,1-6H3. The highest BCUT2D eigenvalue weighted by Crippen LogP contribution is 2.25. The molecule has 90 valence electrons. The van der Waals surface area contributed by atoms with Crippen molar-refractivity contribution in [1.82, 2.24) is 5.32 Å². The van der Waals surface area contributed by atoms with Gasteiger partial charge in [0.15, 0.2) is 0 Å². The summed E-state index contributed by atoms with van der Waals surface area (Å²) in [6.45, 7) is 14.3. The van der Waals surface area contributed by atoms with E-state index in [1.54, 1.807) is 0 Å². The highest BCUT2D eigenvalue weighted by atomic mass is 14.9. The molecule has 0 aliphatic carbocycles. The molecule has 1 nitrogen and oxygen atoms in total. The van der Waals surface area contributed by atoms with Crippen LogP contribution in [0.15, 0.2) is 24.3 Å². The van der Waals surface area contributed by atoms with E-state index in [1.165, 1.54) is 11.1 Å². The molecule has 0 unspecified atom stereocenters. The molecule has 1 rings (SSSR count). The molecule has 0 fully saturated rings. The van der Waals surface area contributed by atoms with Crippen molar-refractivity contribution in [3.05, 3.63) is 35.4 Å². The Morgan fingerprint density at radius 3 is 1.69 bits per heavy atom. The van der Waals surface area contributed by atoms with E-state index in [-0.39, 0.29) is 11.0 Å². The lowest BCUT2D eigenvalue weighted by Gasteiger charge is -2.27. The molecule has 0 atom stereocenters. The summed E-state index contributed by atoms with van der Waals surface area (Å²) in [6, 6.07) is 8.97. The molecule has 0 aliphatic heterocycles. The lowest BCUT2D eigenvalue weighted by molar-refractivity contribution is 0.415. The van der Waals surface area contributed by atoms with E-state index in [9.17, 15) is 0 Å². The molecule has 0 bridgehead atoms. The zero-order valence-corrected chi connectivity index (χ0v) is 11.5. The van der Waals surface area contributed by atoms with Gasteiger partial charge in [-0.2, -0.15) is 0 Å². The summed E-state index contributed by atoms with van der Waals surface area (Å²) in [5.74, 6) is 0. The Kier molecular flexibility index (Phi) is 3.80. The summed E-state index contributed by atoms with van der Waals surface area (Å²) < 4.78 is 0. The smallest absolute Gasteiger partial charge is 0.0377 e. The largest absolute Gasteiger partial charge is 0.308 e. The minimum atomic E-state index is 0.0607. The summed E-state index contributed by atoms with van der Waals surface area (Å²) >= 11 is 0. The van der Waals surface area contributed by atoms with Gasteiger partial charge in [-0.25, -0.2) is 0 Å². The second-order valence-corrected chi connectivity index (χ2v) is 5.98. The monoisotopic (exact) mass is 219 g/mol. The van der Waals surface area contributed by atoms with Crippen LogP contribution in [0.2, 0.25) is 0 Å². The van der Waals surface area contributed by atoms with Crippen molar-refractivity contribution >= 4 is 0 Å². The van der Waals surface area contributed by atoms with Crippen molar-refractivity contribution < 1.29 is 0 Å². The molecule has 0 radical (unpaired) electrons. The van der Waals surface area contributed by atoms with Gasteiger partial charge in [-0.1, -0.05) is 52.0 Å². The fourth-order valence-electron chi connectivity index (χ4n) is 1.93. The Balaban J connectivity index is 2.95. The minimum Gasteiger partial charge on any atom is -0.308 e. The molecule has 1 N–H and O–H groups in total. The Morgan fingerprint density at radius 2 is 1.31 bits per heavy atom. The second-order valence-electron chi connectivity index (χ2n) is 5.98. The zero-order valence-electron chi connectivity index (χ0n) is 11.5. The van der Waals surface area contributed by atoms with Gasteiger partial charge in [0.25, 0.3) is 0 Å². The Morgan fingerprint density at radius 1 is 0.875 bits per heavy atom. The van der Waals surface area contributed by atoms with Gasteiger partial charge in [-0.05, 0) is 36.9 Å². The average molecular weight is 219 g/mol. The van der Waals surface area contributed by atoms with E-state index in [1.807, 2.05) is 0 Å². The molecule has 1 aromatic carbocycles. The van der Waals surface area contributed by atoms with E-state index >= 15 is 0 Å². The average Bonchev–Trinajstić information content (AvgIpc) is 2.16. The van der Waals surface area contributed by atoms with Crippen LogP contribution in [-0.2, 0) is 11.0 Å². The second kappa shape index (κ2) is 4.58. The van der Waals surface area contributed by atoms with Crippen molar-refractivity contribution in [3.8, 4) is 0 Å². The Bertz CT molecular complexity index is 327. The minimum absolute atomic E-state index is 0.0607. The molecule has 0 amide bonds. The molecule has 0 saturated carbocycles. The van der Waals surface area contributed by atoms with Gasteiger partial charge in [-0.3, -0.25) is 0 Å². The first-order valence-corrected chi connectivity index (χ1v) is 6.13. The summed E-state index contributed by atoms with van der Waals surface area (Å²) in [6.07, 6.45) is 0. The summed E-state index contributed by atoms with van der Waals surface area (Å²) in [4.78, 5) is 0. The van der Waals surface area contributed by atoms with Crippen molar-refractivity contribution in [2.45, 2.75) is 52.5 Å². The Hall–Kier alpha value is -0.820. The maximum absolute atomic E-state index is 3.50. The van der Waals surface area contributed by atoms with E-state index in [4.69, 9.17) is 0 Å². The van der Waals surface area contributed by atoms with Gasteiger partial charge in [0, 0.05) is 5.54 Å². The highest BCUT2D eigenvalue weighted by molar-refractivity contribution is 5.31. The number of hydrogen-bond donors (Lipinski definition) is 1. The van der Waals surface area contributed by atoms with Crippen LogP contribution in [0.3, 0.4) is 0 Å². The van der Waals surface area contributed by atoms with E-state index in [2.05, 4.69) is 71.1 Å². The first-order chi connectivity index (χ1) is 7.27. The Labute approximate surface area is 100 Å². The topological polar surface area (TPSA) is 12.0 Å². The number of benzene rings is 1. The van der Waals surface area contributed by atoms with Gasteiger partial charge >= 0.3 is 0 Å². The molecular formula is C15H25N. The van der Waals surface area contributed by atoms with E-state index in [0.717, 1.165) is 6.54 Å². The molecule has 16 heavy (non-hydrogen) atoms. The van der Waals surface area contributed by atoms with Crippen LogP contribution in [0.5, 0.6) is 0 Å². The van der Waals surface area contributed by atoms with Crippen LogP contribution < -0.4 is 5.32 Å². The predicted octanol–water partition coefficient (Wildman–Crippen LogP) is 3.83. The maximum Gasteiger partial charge on any atom is 0.0377 e. The molecular weight excluding hydrogens is 194 g/mol. The van der Waals surface area contributed by atoms with Crippen molar-refractivity contribution in [1.29, 1.82) is 0 Å². The fourth-order valence-corrected chi connectivity index (χ4v) is 1.93. The normalized spacial score (nSPS) is 12.9. The summed E-state index contributed by atoms with van der Waals surface area (Å²) in [5.41, 5.74) is 3.04. The van der Waals surface area contributed by atoms with E-state index < -0.39 is 0 Å². The predicted molar refractivity (Wildman–Crippen MR) is 71.8 cm³/mol. The molecule has 0 aromatic heterocycles. The van der Waals surface area contributed by atoms with Crippen LogP contribution >= 0.6 is 0 Å². The molecule has 1 aromatic rings. The van der Waals surface area contributed by atoms with Crippen molar-refractivity contribution in [2.24, 2.45) is 0 Å². The molecule has 0 heterocycles. The molecule has 1 heteroatoms. The van der Waals surface area contributed by atoms with Crippen molar-refractivity contribution in [3.63, 3.8) is 0 Å². The first-order valence-electron chi connectivity index (χ1n) is 6.13. The highest BCUT2D eigenvalue weighted by Gasteiger charge is 2.20. The maximum atomic E-state index is 3.50. The zero-order chi connectivity index (χ0) is 12.4.